The highest BCUT2D eigenvalue weighted by Crippen LogP contribution is 2.24. The Morgan fingerprint density at radius 3 is 2.79 bits per heavy atom. The van der Waals surface area contributed by atoms with Crippen LogP contribution in [0, 0.1) is 6.92 Å². The number of hydrogen-bond donors (Lipinski definition) is 1. The molecule has 0 saturated carbocycles. The quantitative estimate of drug-likeness (QED) is 0.891. The summed E-state index contributed by atoms with van der Waals surface area (Å²) in [6.07, 6.45) is -0.0591. The van der Waals surface area contributed by atoms with E-state index in [1.54, 1.807) is 18.3 Å². The van der Waals surface area contributed by atoms with E-state index < -0.39 is 0 Å². The van der Waals surface area contributed by atoms with Crippen molar-refractivity contribution < 1.29 is 14.3 Å². The third kappa shape index (κ3) is 4.03. The van der Waals surface area contributed by atoms with E-state index in [1.165, 1.54) is 0 Å². The summed E-state index contributed by atoms with van der Waals surface area (Å²) in [7, 11) is 0. The number of aromatic nitrogens is 1. The van der Waals surface area contributed by atoms with Crippen LogP contribution >= 0.6 is 11.3 Å². The average molecular weight is 349 g/mol. The fourth-order valence-electron chi connectivity index (χ4n) is 2.91. The molecule has 1 fully saturated rings. The van der Waals surface area contributed by atoms with E-state index in [0.29, 0.717) is 37.0 Å². The number of piperazine rings is 1. The van der Waals surface area contributed by atoms with Crippen molar-refractivity contribution in [1.29, 1.82) is 0 Å². The fourth-order valence-corrected chi connectivity index (χ4v) is 3.54. The van der Waals surface area contributed by atoms with Gasteiger partial charge in [-0.2, -0.15) is 11.3 Å². The van der Waals surface area contributed by atoms with Crippen molar-refractivity contribution in [3.05, 3.63) is 28.3 Å². The van der Waals surface area contributed by atoms with E-state index in [0.717, 1.165) is 18.7 Å². The van der Waals surface area contributed by atoms with E-state index in [4.69, 9.17) is 4.42 Å². The van der Waals surface area contributed by atoms with E-state index in [-0.39, 0.29) is 18.4 Å². The molecule has 24 heavy (non-hydrogen) atoms. The number of aryl methyl sites for hydroxylation is 1. The van der Waals surface area contributed by atoms with Gasteiger partial charge in [0.05, 0.1) is 18.2 Å². The Morgan fingerprint density at radius 1 is 1.42 bits per heavy atom. The van der Waals surface area contributed by atoms with Gasteiger partial charge in [-0.1, -0.05) is 0 Å². The van der Waals surface area contributed by atoms with Crippen LogP contribution in [-0.2, 0) is 11.2 Å². The SMILES string of the molecule is Cc1oc(-c2ccsc2)nc1CC(=O)N1CCN(CC(C)O)CC1. The Bertz CT molecular complexity index is 673. The average Bonchev–Trinajstić information content (AvgIpc) is 3.18. The number of β-amino-alcohol motifs (C(OH)–C–C–N with tert-alkyl or cyclic N) is 1. The van der Waals surface area contributed by atoms with Crippen molar-refractivity contribution in [2.75, 3.05) is 32.7 Å². The molecule has 2 aromatic heterocycles. The summed E-state index contributed by atoms with van der Waals surface area (Å²) in [6, 6.07) is 1.96. The number of hydrogen-bond acceptors (Lipinski definition) is 6. The summed E-state index contributed by atoms with van der Waals surface area (Å²) in [5.41, 5.74) is 1.67. The Hall–Kier alpha value is -1.70. The van der Waals surface area contributed by atoms with Crippen LogP contribution in [0.1, 0.15) is 18.4 Å². The molecule has 0 aromatic carbocycles. The summed E-state index contributed by atoms with van der Waals surface area (Å²) in [5, 5.41) is 13.4. The lowest BCUT2D eigenvalue weighted by Crippen LogP contribution is -2.50. The number of thiophene rings is 1. The summed E-state index contributed by atoms with van der Waals surface area (Å²) < 4.78 is 5.70. The van der Waals surface area contributed by atoms with Crippen molar-refractivity contribution in [3.63, 3.8) is 0 Å². The normalized spacial score (nSPS) is 17.2. The number of aliphatic hydroxyl groups is 1. The summed E-state index contributed by atoms with van der Waals surface area (Å²) in [5.74, 6) is 1.37. The van der Waals surface area contributed by atoms with Crippen molar-refractivity contribution in [2.24, 2.45) is 0 Å². The molecular formula is C17H23N3O3S. The molecule has 1 aliphatic rings. The monoisotopic (exact) mass is 349 g/mol. The van der Waals surface area contributed by atoms with E-state index in [1.807, 2.05) is 28.7 Å². The lowest BCUT2D eigenvalue weighted by Gasteiger charge is -2.35. The van der Waals surface area contributed by atoms with Crippen LogP contribution < -0.4 is 0 Å². The van der Waals surface area contributed by atoms with Gasteiger partial charge in [-0.3, -0.25) is 9.69 Å². The second-order valence-electron chi connectivity index (χ2n) is 6.24. The number of amides is 1. The second kappa shape index (κ2) is 7.46. The van der Waals surface area contributed by atoms with Crippen molar-refractivity contribution in [2.45, 2.75) is 26.4 Å². The summed E-state index contributed by atoms with van der Waals surface area (Å²) in [4.78, 5) is 21.1. The number of rotatable bonds is 5. The van der Waals surface area contributed by atoms with E-state index >= 15 is 0 Å². The number of carbonyl (C=O) groups is 1. The van der Waals surface area contributed by atoms with Gasteiger partial charge >= 0.3 is 0 Å². The maximum absolute atomic E-state index is 12.5. The molecule has 3 heterocycles. The van der Waals surface area contributed by atoms with Gasteiger partial charge in [-0.15, -0.1) is 0 Å². The lowest BCUT2D eigenvalue weighted by atomic mass is 10.2. The number of nitrogens with zero attached hydrogens (tertiary/aromatic N) is 3. The molecule has 1 unspecified atom stereocenters. The Kier molecular flexibility index (Phi) is 5.33. The van der Waals surface area contributed by atoms with E-state index in [9.17, 15) is 9.90 Å². The minimum Gasteiger partial charge on any atom is -0.441 e. The molecule has 3 rings (SSSR count). The molecule has 0 spiro atoms. The highest BCUT2D eigenvalue weighted by Gasteiger charge is 2.23. The first-order chi connectivity index (χ1) is 11.5. The predicted octanol–water partition coefficient (Wildman–Crippen LogP) is 1.78. The summed E-state index contributed by atoms with van der Waals surface area (Å²) >= 11 is 1.59. The third-order valence-corrected chi connectivity index (χ3v) is 4.91. The first kappa shape index (κ1) is 17.1. The van der Waals surface area contributed by atoms with Crippen LogP contribution in [0.4, 0.5) is 0 Å². The van der Waals surface area contributed by atoms with Crippen LogP contribution in [0.15, 0.2) is 21.2 Å². The Morgan fingerprint density at radius 2 is 2.17 bits per heavy atom. The van der Waals surface area contributed by atoms with Crippen LogP contribution in [0.2, 0.25) is 0 Å². The number of carbonyl (C=O) groups excluding carboxylic acids is 1. The largest absolute Gasteiger partial charge is 0.441 e. The zero-order chi connectivity index (χ0) is 17.1. The molecule has 0 bridgehead atoms. The molecule has 1 amide bonds. The van der Waals surface area contributed by atoms with Gasteiger partial charge in [0.2, 0.25) is 11.8 Å². The molecule has 0 aliphatic carbocycles. The van der Waals surface area contributed by atoms with Gasteiger partial charge in [0.15, 0.2) is 0 Å². The predicted molar refractivity (Wildman–Crippen MR) is 93.0 cm³/mol. The molecule has 1 aliphatic heterocycles. The molecule has 1 N–H and O–H groups in total. The van der Waals surface area contributed by atoms with Gasteiger partial charge in [-0.05, 0) is 25.3 Å². The van der Waals surface area contributed by atoms with Gasteiger partial charge in [0.25, 0.3) is 0 Å². The van der Waals surface area contributed by atoms with Gasteiger partial charge in [-0.25, -0.2) is 4.98 Å². The number of oxazole rings is 1. The van der Waals surface area contributed by atoms with Crippen LogP contribution in [0.25, 0.3) is 11.5 Å². The Labute approximate surface area is 145 Å². The number of aliphatic hydroxyl groups excluding tert-OH is 1. The first-order valence-corrected chi connectivity index (χ1v) is 9.14. The minimum atomic E-state index is -0.333. The van der Waals surface area contributed by atoms with Crippen LogP contribution in [-0.4, -0.2) is 64.6 Å². The molecule has 6 nitrogen and oxygen atoms in total. The summed E-state index contributed by atoms with van der Waals surface area (Å²) in [6.45, 7) is 7.29. The smallest absolute Gasteiger partial charge is 0.228 e. The van der Waals surface area contributed by atoms with Crippen LogP contribution in [0.5, 0.6) is 0 Å². The van der Waals surface area contributed by atoms with Gasteiger partial charge in [0, 0.05) is 43.7 Å². The first-order valence-electron chi connectivity index (χ1n) is 8.20. The molecule has 1 saturated heterocycles. The van der Waals surface area contributed by atoms with Crippen molar-refractivity contribution in [1.82, 2.24) is 14.8 Å². The second-order valence-corrected chi connectivity index (χ2v) is 7.02. The molecule has 1 atom stereocenters. The maximum Gasteiger partial charge on any atom is 0.228 e. The molecule has 2 aromatic rings. The zero-order valence-corrected chi connectivity index (χ0v) is 14.9. The molecule has 7 heteroatoms. The van der Waals surface area contributed by atoms with Crippen molar-refractivity contribution >= 4 is 17.2 Å². The minimum absolute atomic E-state index is 0.0833. The highest BCUT2D eigenvalue weighted by molar-refractivity contribution is 7.08. The maximum atomic E-state index is 12.5. The lowest BCUT2D eigenvalue weighted by molar-refractivity contribution is -0.132. The van der Waals surface area contributed by atoms with Crippen molar-refractivity contribution in [3.8, 4) is 11.5 Å². The van der Waals surface area contributed by atoms with Crippen LogP contribution in [0.3, 0.4) is 0 Å². The topological polar surface area (TPSA) is 69.8 Å². The fraction of sp³-hybridized carbons (Fsp3) is 0.529. The van der Waals surface area contributed by atoms with Gasteiger partial charge in [0.1, 0.15) is 5.76 Å². The molecule has 0 radical (unpaired) electrons. The molecular weight excluding hydrogens is 326 g/mol. The van der Waals surface area contributed by atoms with E-state index in [2.05, 4.69) is 9.88 Å². The standard InChI is InChI=1S/C17H23N3O3S/c1-12(21)10-19-4-6-20(7-5-19)16(22)9-15-13(2)23-17(18-15)14-3-8-24-11-14/h3,8,11-12,21H,4-7,9-10H2,1-2H3. The molecule has 130 valence electrons. The van der Waals surface area contributed by atoms with Gasteiger partial charge < -0.3 is 14.4 Å². The highest BCUT2D eigenvalue weighted by atomic mass is 32.1. The Balaban J connectivity index is 1.58. The third-order valence-electron chi connectivity index (χ3n) is 4.23. The zero-order valence-electron chi connectivity index (χ0n) is 14.1.